The number of fused-ring (bicyclic) bond motifs is 3. The second kappa shape index (κ2) is 8.71. The van der Waals surface area contributed by atoms with Crippen LogP contribution in [0.5, 0.6) is 0 Å². The lowest BCUT2D eigenvalue weighted by Crippen LogP contribution is -2.35. The number of ketones is 1. The van der Waals surface area contributed by atoms with Gasteiger partial charge in [0.15, 0.2) is 11.6 Å². The molecule has 6 rings (SSSR count). The fraction of sp³-hybridized carbons (Fsp3) is 0.214. The van der Waals surface area contributed by atoms with Gasteiger partial charge in [-0.2, -0.15) is 0 Å². The standard InChI is InChI=1S/C28H25N5O/c34-26(22-9-5-2-6-10-22)23-11-12-24-25(18-23)33-19-29-31-28(33)27(30-24)32-15-13-21(14-16-32)17-20-7-3-1-4-8-20/h1-12,18-19,21H,13-17H2. The Kier molecular flexibility index (Phi) is 5.26. The summed E-state index contributed by atoms with van der Waals surface area (Å²) in [6.07, 6.45) is 5.08. The van der Waals surface area contributed by atoms with E-state index in [1.807, 2.05) is 52.9 Å². The van der Waals surface area contributed by atoms with Crippen molar-refractivity contribution in [3.05, 3.63) is 102 Å². The Bertz CT molecular complexity index is 1450. The molecule has 0 saturated carbocycles. The predicted molar refractivity (Wildman–Crippen MR) is 133 cm³/mol. The van der Waals surface area contributed by atoms with Crippen molar-refractivity contribution in [2.45, 2.75) is 19.3 Å². The number of rotatable bonds is 5. The van der Waals surface area contributed by atoms with Gasteiger partial charge in [-0.1, -0.05) is 60.7 Å². The van der Waals surface area contributed by atoms with E-state index < -0.39 is 0 Å². The highest BCUT2D eigenvalue weighted by molar-refractivity contribution is 6.10. The van der Waals surface area contributed by atoms with E-state index in [0.717, 1.165) is 54.9 Å². The number of piperidine rings is 1. The van der Waals surface area contributed by atoms with Gasteiger partial charge in [0.25, 0.3) is 0 Å². The molecule has 1 aliphatic rings. The molecule has 0 radical (unpaired) electrons. The topological polar surface area (TPSA) is 63.4 Å². The van der Waals surface area contributed by atoms with E-state index in [4.69, 9.17) is 4.98 Å². The molecule has 0 N–H and O–H groups in total. The Morgan fingerprint density at radius 3 is 2.38 bits per heavy atom. The first-order valence-corrected chi connectivity index (χ1v) is 11.8. The van der Waals surface area contributed by atoms with Gasteiger partial charge < -0.3 is 4.90 Å². The van der Waals surface area contributed by atoms with Gasteiger partial charge in [-0.25, -0.2) is 4.98 Å². The molecule has 1 aliphatic heterocycles. The van der Waals surface area contributed by atoms with Gasteiger partial charge in [0.2, 0.25) is 5.65 Å². The minimum atomic E-state index is -0.00621. The molecular weight excluding hydrogens is 422 g/mol. The maximum atomic E-state index is 13.0. The minimum Gasteiger partial charge on any atom is -0.353 e. The highest BCUT2D eigenvalue weighted by Crippen LogP contribution is 2.29. The summed E-state index contributed by atoms with van der Waals surface area (Å²) in [7, 11) is 0. The maximum absolute atomic E-state index is 13.0. The first-order valence-electron chi connectivity index (χ1n) is 11.8. The summed E-state index contributed by atoms with van der Waals surface area (Å²) in [4.78, 5) is 20.3. The van der Waals surface area contributed by atoms with Crippen LogP contribution in [-0.4, -0.2) is 38.5 Å². The van der Waals surface area contributed by atoms with Gasteiger partial charge in [0, 0.05) is 24.2 Å². The van der Waals surface area contributed by atoms with Crippen molar-refractivity contribution < 1.29 is 4.79 Å². The average Bonchev–Trinajstić information content (AvgIpc) is 3.40. The normalized spacial score (nSPS) is 14.6. The molecule has 0 amide bonds. The molecule has 6 nitrogen and oxygen atoms in total. The fourth-order valence-electron chi connectivity index (χ4n) is 4.94. The van der Waals surface area contributed by atoms with Gasteiger partial charge in [0.05, 0.1) is 11.0 Å². The third-order valence-electron chi connectivity index (χ3n) is 6.79. The van der Waals surface area contributed by atoms with Crippen LogP contribution < -0.4 is 4.90 Å². The molecule has 0 spiro atoms. The van der Waals surface area contributed by atoms with Crippen molar-refractivity contribution in [1.82, 2.24) is 19.6 Å². The van der Waals surface area contributed by atoms with Crippen LogP contribution >= 0.6 is 0 Å². The molecule has 3 aromatic carbocycles. The van der Waals surface area contributed by atoms with Crippen LogP contribution in [0.2, 0.25) is 0 Å². The fourth-order valence-corrected chi connectivity index (χ4v) is 4.94. The number of nitrogens with zero attached hydrogens (tertiary/aromatic N) is 5. The monoisotopic (exact) mass is 447 g/mol. The summed E-state index contributed by atoms with van der Waals surface area (Å²) in [6, 6.07) is 25.8. The smallest absolute Gasteiger partial charge is 0.204 e. The van der Waals surface area contributed by atoms with Gasteiger partial charge in [-0.15, -0.1) is 10.2 Å². The Hall–Kier alpha value is -4.06. The Morgan fingerprint density at radius 2 is 1.62 bits per heavy atom. The van der Waals surface area contributed by atoms with Gasteiger partial charge in [0.1, 0.15) is 6.33 Å². The summed E-state index contributed by atoms with van der Waals surface area (Å²) in [6.45, 7) is 1.90. The van der Waals surface area contributed by atoms with E-state index >= 15 is 0 Å². The van der Waals surface area contributed by atoms with E-state index in [1.165, 1.54) is 5.56 Å². The largest absolute Gasteiger partial charge is 0.353 e. The van der Waals surface area contributed by atoms with Crippen LogP contribution in [-0.2, 0) is 6.42 Å². The number of hydrogen-bond acceptors (Lipinski definition) is 5. The van der Waals surface area contributed by atoms with Crippen molar-refractivity contribution in [3.8, 4) is 0 Å². The second-order valence-electron chi connectivity index (χ2n) is 8.98. The van der Waals surface area contributed by atoms with Crippen molar-refractivity contribution in [3.63, 3.8) is 0 Å². The van der Waals surface area contributed by atoms with E-state index in [2.05, 4.69) is 45.4 Å². The first-order chi connectivity index (χ1) is 16.8. The highest BCUT2D eigenvalue weighted by Gasteiger charge is 2.24. The molecule has 0 bridgehead atoms. The van der Waals surface area contributed by atoms with Gasteiger partial charge in [-0.3, -0.25) is 9.20 Å². The quantitative estimate of drug-likeness (QED) is 0.356. The molecule has 5 aromatic rings. The third kappa shape index (κ3) is 3.81. The lowest BCUT2D eigenvalue weighted by atomic mass is 9.90. The Labute approximate surface area is 197 Å². The molecule has 6 heteroatoms. The maximum Gasteiger partial charge on any atom is 0.204 e. The summed E-state index contributed by atoms with van der Waals surface area (Å²) in [5.74, 6) is 1.54. The summed E-state index contributed by atoms with van der Waals surface area (Å²) in [5.41, 5.74) is 5.11. The van der Waals surface area contributed by atoms with E-state index in [-0.39, 0.29) is 5.78 Å². The van der Waals surface area contributed by atoms with Crippen molar-refractivity contribution in [2.75, 3.05) is 18.0 Å². The van der Waals surface area contributed by atoms with E-state index in [0.29, 0.717) is 17.0 Å². The first kappa shape index (κ1) is 20.5. The van der Waals surface area contributed by atoms with E-state index in [9.17, 15) is 4.79 Å². The third-order valence-corrected chi connectivity index (χ3v) is 6.79. The molecule has 168 valence electrons. The number of hydrogen-bond donors (Lipinski definition) is 0. The minimum absolute atomic E-state index is 0.00621. The van der Waals surface area contributed by atoms with Crippen LogP contribution in [0.15, 0.2) is 85.2 Å². The van der Waals surface area contributed by atoms with Crippen LogP contribution in [0.4, 0.5) is 5.82 Å². The number of benzene rings is 3. The van der Waals surface area contributed by atoms with Crippen LogP contribution in [0.3, 0.4) is 0 Å². The number of aromatic nitrogens is 4. The average molecular weight is 448 g/mol. The van der Waals surface area contributed by atoms with E-state index in [1.54, 1.807) is 6.33 Å². The lowest BCUT2D eigenvalue weighted by Gasteiger charge is -2.33. The number of anilines is 1. The van der Waals surface area contributed by atoms with Crippen molar-refractivity contribution in [2.24, 2.45) is 5.92 Å². The summed E-state index contributed by atoms with van der Waals surface area (Å²) < 4.78 is 1.95. The van der Waals surface area contributed by atoms with Crippen molar-refractivity contribution in [1.29, 1.82) is 0 Å². The zero-order valence-corrected chi connectivity index (χ0v) is 18.8. The second-order valence-corrected chi connectivity index (χ2v) is 8.98. The molecule has 1 fully saturated rings. The highest BCUT2D eigenvalue weighted by atomic mass is 16.1. The van der Waals surface area contributed by atoms with Gasteiger partial charge >= 0.3 is 0 Å². The zero-order chi connectivity index (χ0) is 22.9. The van der Waals surface area contributed by atoms with Crippen LogP contribution in [0.1, 0.15) is 34.3 Å². The molecule has 3 heterocycles. The molecule has 0 unspecified atom stereocenters. The molecule has 0 aliphatic carbocycles. The molecule has 0 atom stereocenters. The summed E-state index contributed by atoms with van der Waals surface area (Å²) in [5, 5.41) is 8.56. The summed E-state index contributed by atoms with van der Waals surface area (Å²) >= 11 is 0. The Balaban J connectivity index is 1.28. The number of carbonyl (C=O) groups is 1. The van der Waals surface area contributed by atoms with Crippen LogP contribution in [0, 0.1) is 5.92 Å². The van der Waals surface area contributed by atoms with Crippen molar-refractivity contribution >= 4 is 28.3 Å². The molecular formula is C28H25N5O. The van der Waals surface area contributed by atoms with Crippen LogP contribution in [0.25, 0.3) is 16.7 Å². The molecule has 34 heavy (non-hydrogen) atoms. The molecule has 1 saturated heterocycles. The molecule has 2 aromatic heterocycles. The Morgan fingerprint density at radius 1 is 0.882 bits per heavy atom. The van der Waals surface area contributed by atoms with Gasteiger partial charge in [-0.05, 0) is 48.9 Å². The predicted octanol–water partition coefficient (Wildman–Crippen LogP) is 4.97. The zero-order valence-electron chi connectivity index (χ0n) is 18.8. The SMILES string of the molecule is O=C(c1ccccc1)c1ccc2nc(N3CCC(Cc4ccccc4)CC3)c3nncn3c2c1. The lowest BCUT2D eigenvalue weighted by molar-refractivity contribution is 0.103. The number of carbonyl (C=O) groups excluding carboxylic acids is 1.